The molecule has 0 aliphatic heterocycles. The van der Waals surface area contributed by atoms with Crippen LogP contribution in [0.2, 0.25) is 5.02 Å². The van der Waals surface area contributed by atoms with Crippen molar-refractivity contribution < 1.29 is 14.7 Å². The average Bonchev–Trinajstić information content (AvgIpc) is 2.47. The second-order valence-electron chi connectivity index (χ2n) is 3.88. The van der Waals surface area contributed by atoms with Gasteiger partial charge in [0.2, 0.25) is 0 Å². The molecule has 0 saturated heterocycles. The molecule has 0 aliphatic carbocycles. The van der Waals surface area contributed by atoms with E-state index in [1.165, 1.54) is 0 Å². The summed E-state index contributed by atoms with van der Waals surface area (Å²) >= 11 is 6.05. The van der Waals surface area contributed by atoms with Crippen molar-refractivity contribution in [2.24, 2.45) is 10.9 Å². The Labute approximate surface area is 121 Å². The average molecular weight is 293 g/mol. The van der Waals surface area contributed by atoms with E-state index >= 15 is 0 Å². The maximum Gasteiger partial charge on any atom is 0.175 e. The Hall–Kier alpha value is -2.40. The van der Waals surface area contributed by atoms with Crippen molar-refractivity contribution in [3.63, 3.8) is 0 Å². The smallest absolute Gasteiger partial charge is 0.175 e. The SMILES string of the molecule is COc1cccc(Oc2cccc(Cl)c2C(N)=NO)c1. The summed E-state index contributed by atoms with van der Waals surface area (Å²) in [6, 6.07) is 12.1. The second kappa shape index (κ2) is 6.16. The number of oxime groups is 1. The van der Waals surface area contributed by atoms with Crippen molar-refractivity contribution >= 4 is 17.4 Å². The molecule has 0 amide bonds. The molecule has 0 saturated carbocycles. The minimum absolute atomic E-state index is 0.117. The van der Waals surface area contributed by atoms with Gasteiger partial charge in [0.25, 0.3) is 0 Å². The first-order valence-electron chi connectivity index (χ1n) is 5.74. The third-order valence-electron chi connectivity index (χ3n) is 2.61. The van der Waals surface area contributed by atoms with Crippen LogP contribution in [0.5, 0.6) is 17.2 Å². The number of amidine groups is 1. The molecule has 6 heteroatoms. The van der Waals surface area contributed by atoms with E-state index in [2.05, 4.69) is 5.16 Å². The number of methoxy groups -OCH3 is 1. The highest BCUT2D eigenvalue weighted by Crippen LogP contribution is 2.31. The molecule has 0 bridgehead atoms. The minimum atomic E-state index is -0.117. The molecule has 2 rings (SSSR count). The van der Waals surface area contributed by atoms with Crippen molar-refractivity contribution in [2.75, 3.05) is 7.11 Å². The molecule has 0 aliphatic rings. The summed E-state index contributed by atoms with van der Waals surface area (Å²) in [5.41, 5.74) is 5.95. The van der Waals surface area contributed by atoms with Gasteiger partial charge < -0.3 is 20.4 Å². The lowest BCUT2D eigenvalue weighted by Gasteiger charge is -2.12. The van der Waals surface area contributed by atoms with Crippen LogP contribution in [-0.4, -0.2) is 18.2 Å². The Balaban J connectivity index is 2.40. The molecule has 0 aromatic heterocycles. The third-order valence-corrected chi connectivity index (χ3v) is 2.92. The molecule has 2 aromatic carbocycles. The summed E-state index contributed by atoms with van der Waals surface area (Å²) in [5.74, 6) is 1.49. The van der Waals surface area contributed by atoms with E-state index in [1.54, 1.807) is 49.6 Å². The van der Waals surface area contributed by atoms with Gasteiger partial charge in [-0.25, -0.2) is 0 Å². The number of benzene rings is 2. The van der Waals surface area contributed by atoms with Gasteiger partial charge in [-0.3, -0.25) is 0 Å². The van der Waals surface area contributed by atoms with E-state index in [0.29, 0.717) is 27.8 Å². The molecular weight excluding hydrogens is 280 g/mol. The molecule has 0 atom stereocenters. The molecule has 0 radical (unpaired) electrons. The normalized spacial score (nSPS) is 11.2. The number of rotatable bonds is 4. The number of hydrogen-bond donors (Lipinski definition) is 2. The van der Waals surface area contributed by atoms with Crippen LogP contribution in [0.4, 0.5) is 0 Å². The zero-order chi connectivity index (χ0) is 14.5. The molecule has 0 fully saturated rings. The van der Waals surface area contributed by atoms with Crippen molar-refractivity contribution in [3.8, 4) is 17.2 Å². The van der Waals surface area contributed by atoms with Crippen LogP contribution in [-0.2, 0) is 0 Å². The topological polar surface area (TPSA) is 77.1 Å². The molecule has 2 aromatic rings. The van der Waals surface area contributed by atoms with Gasteiger partial charge in [-0.2, -0.15) is 0 Å². The number of nitrogens with zero attached hydrogens (tertiary/aromatic N) is 1. The van der Waals surface area contributed by atoms with E-state index in [1.807, 2.05) is 0 Å². The highest BCUT2D eigenvalue weighted by Gasteiger charge is 2.13. The van der Waals surface area contributed by atoms with Gasteiger partial charge in [0.1, 0.15) is 17.2 Å². The third kappa shape index (κ3) is 2.95. The largest absolute Gasteiger partial charge is 0.497 e. The number of halogens is 1. The van der Waals surface area contributed by atoms with Gasteiger partial charge in [0.05, 0.1) is 17.7 Å². The quantitative estimate of drug-likeness (QED) is 0.392. The van der Waals surface area contributed by atoms with Crippen molar-refractivity contribution in [2.45, 2.75) is 0 Å². The van der Waals surface area contributed by atoms with Gasteiger partial charge in [0.15, 0.2) is 5.84 Å². The van der Waals surface area contributed by atoms with Gasteiger partial charge >= 0.3 is 0 Å². The van der Waals surface area contributed by atoms with Crippen LogP contribution in [0.15, 0.2) is 47.6 Å². The van der Waals surface area contributed by atoms with Crippen LogP contribution in [0, 0.1) is 0 Å². The van der Waals surface area contributed by atoms with Crippen LogP contribution in [0.3, 0.4) is 0 Å². The molecule has 0 spiro atoms. The predicted octanol–water partition coefficient (Wildman–Crippen LogP) is 3.24. The molecule has 3 N–H and O–H groups in total. The first-order chi connectivity index (χ1) is 9.65. The molecule has 104 valence electrons. The predicted molar refractivity (Wildman–Crippen MR) is 77.0 cm³/mol. The molecule has 5 nitrogen and oxygen atoms in total. The minimum Gasteiger partial charge on any atom is -0.497 e. The van der Waals surface area contributed by atoms with Crippen molar-refractivity contribution in [3.05, 3.63) is 53.1 Å². The number of nitrogens with two attached hydrogens (primary N) is 1. The summed E-state index contributed by atoms with van der Waals surface area (Å²) in [7, 11) is 1.57. The van der Waals surface area contributed by atoms with Crippen LogP contribution in [0.1, 0.15) is 5.56 Å². The number of hydrogen-bond acceptors (Lipinski definition) is 4. The van der Waals surface area contributed by atoms with E-state index < -0.39 is 0 Å². The van der Waals surface area contributed by atoms with E-state index in [9.17, 15) is 0 Å². The fourth-order valence-corrected chi connectivity index (χ4v) is 1.94. The fraction of sp³-hybridized carbons (Fsp3) is 0.0714. The maximum atomic E-state index is 8.81. The van der Waals surface area contributed by atoms with Crippen molar-refractivity contribution in [1.82, 2.24) is 0 Å². The van der Waals surface area contributed by atoms with Gasteiger partial charge in [-0.05, 0) is 24.3 Å². The van der Waals surface area contributed by atoms with E-state index in [4.69, 9.17) is 32.0 Å². The van der Waals surface area contributed by atoms with Gasteiger partial charge in [0, 0.05) is 6.07 Å². The Bertz CT molecular complexity index is 644. The van der Waals surface area contributed by atoms with E-state index in [-0.39, 0.29) is 5.84 Å². The summed E-state index contributed by atoms with van der Waals surface area (Å²) in [4.78, 5) is 0. The Morgan fingerprint density at radius 2 is 1.90 bits per heavy atom. The number of ether oxygens (including phenoxy) is 2. The Kier molecular flexibility index (Phi) is 4.32. The highest BCUT2D eigenvalue weighted by atomic mass is 35.5. The standard InChI is InChI=1S/C14H13ClN2O3/c1-19-9-4-2-5-10(8-9)20-12-7-3-6-11(15)13(12)14(16)17-18/h2-8,18H,1H3,(H2,16,17). The monoisotopic (exact) mass is 292 g/mol. The summed E-state index contributed by atoms with van der Waals surface area (Å²) in [6.45, 7) is 0. The van der Waals surface area contributed by atoms with Crippen LogP contribution >= 0.6 is 11.6 Å². The molecule has 0 unspecified atom stereocenters. The molecule has 0 heterocycles. The van der Waals surface area contributed by atoms with Crippen LogP contribution in [0.25, 0.3) is 0 Å². The lowest BCUT2D eigenvalue weighted by atomic mass is 10.2. The summed E-state index contributed by atoms with van der Waals surface area (Å²) in [6.07, 6.45) is 0. The first kappa shape index (κ1) is 14.0. The summed E-state index contributed by atoms with van der Waals surface area (Å²) < 4.78 is 10.8. The lowest BCUT2D eigenvalue weighted by molar-refractivity contribution is 0.318. The molecular formula is C14H13ClN2O3. The lowest BCUT2D eigenvalue weighted by Crippen LogP contribution is -2.14. The van der Waals surface area contributed by atoms with Crippen LogP contribution < -0.4 is 15.2 Å². The fourth-order valence-electron chi connectivity index (χ4n) is 1.68. The summed E-state index contributed by atoms with van der Waals surface area (Å²) in [5, 5.41) is 12.1. The highest BCUT2D eigenvalue weighted by molar-refractivity contribution is 6.34. The first-order valence-corrected chi connectivity index (χ1v) is 6.12. The Morgan fingerprint density at radius 3 is 2.60 bits per heavy atom. The zero-order valence-corrected chi connectivity index (χ0v) is 11.5. The van der Waals surface area contributed by atoms with Crippen molar-refractivity contribution in [1.29, 1.82) is 0 Å². The Morgan fingerprint density at radius 1 is 1.20 bits per heavy atom. The van der Waals surface area contributed by atoms with Gasteiger partial charge in [-0.15, -0.1) is 0 Å². The van der Waals surface area contributed by atoms with E-state index in [0.717, 1.165) is 0 Å². The maximum absolute atomic E-state index is 8.81. The van der Waals surface area contributed by atoms with Gasteiger partial charge in [-0.1, -0.05) is 28.9 Å². The second-order valence-corrected chi connectivity index (χ2v) is 4.29. The zero-order valence-electron chi connectivity index (χ0n) is 10.7. The molecule has 20 heavy (non-hydrogen) atoms.